The highest BCUT2D eigenvalue weighted by atomic mass is 16.3. The van der Waals surface area contributed by atoms with E-state index in [0.29, 0.717) is 0 Å². The van der Waals surface area contributed by atoms with Crippen LogP contribution < -0.4 is 10.6 Å². The summed E-state index contributed by atoms with van der Waals surface area (Å²) < 4.78 is 0. The van der Waals surface area contributed by atoms with Crippen LogP contribution in [0, 0.1) is 5.92 Å². The highest BCUT2D eigenvalue weighted by Gasteiger charge is 2.32. The van der Waals surface area contributed by atoms with Crippen molar-refractivity contribution in [3.05, 3.63) is 29.8 Å². The summed E-state index contributed by atoms with van der Waals surface area (Å²) in [4.78, 5) is 12.3. The molecule has 3 atom stereocenters. The topological polar surface area (TPSA) is 61.4 Å². The third-order valence-electron chi connectivity index (χ3n) is 4.31. The molecule has 1 aromatic carbocycles. The number of rotatable bonds is 3. The number of carbonyl (C=O) groups excluding carboxylic acids is 1. The first-order chi connectivity index (χ1) is 9.28. The largest absolute Gasteiger partial charge is 0.396 e. The van der Waals surface area contributed by atoms with Crippen molar-refractivity contribution in [1.29, 1.82) is 0 Å². The van der Waals surface area contributed by atoms with Gasteiger partial charge in [-0.2, -0.15) is 0 Å². The Labute approximate surface area is 113 Å². The normalized spacial score (nSPS) is 28.8. The van der Waals surface area contributed by atoms with Gasteiger partial charge in [-0.3, -0.25) is 4.79 Å². The molecule has 19 heavy (non-hydrogen) atoms. The lowest BCUT2D eigenvalue weighted by Crippen LogP contribution is -2.45. The molecule has 1 heterocycles. The van der Waals surface area contributed by atoms with E-state index < -0.39 is 0 Å². The fourth-order valence-electron chi connectivity index (χ4n) is 3.18. The number of fused-ring (bicyclic) bond motifs is 1. The molecule has 0 bridgehead atoms. The maximum atomic E-state index is 12.3. The molecule has 1 aliphatic heterocycles. The predicted octanol–water partition coefficient (Wildman–Crippen LogP) is 1.30. The van der Waals surface area contributed by atoms with Crippen molar-refractivity contribution in [2.45, 2.75) is 37.8 Å². The molecule has 0 saturated heterocycles. The number of benzene rings is 1. The molecule has 2 unspecified atom stereocenters. The molecule has 1 fully saturated rings. The van der Waals surface area contributed by atoms with Crippen molar-refractivity contribution in [3.8, 4) is 0 Å². The number of carbonyl (C=O) groups is 1. The first kappa shape index (κ1) is 12.5. The second-order valence-corrected chi connectivity index (χ2v) is 5.55. The van der Waals surface area contributed by atoms with Gasteiger partial charge in [0.2, 0.25) is 5.91 Å². The number of para-hydroxylation sites is 1. The molecule has 2 aliphatic rings. The zero-order valence-corrected chi connectivity index (χ0v) is 10.9. The summed E-state index contributed by atoms with van der Waals surface area (Å²) in [6.07, 6.45) is 3.84. The minimum absolute atomic E-state index is 0.0570. The minimum Gasteiger partial charge on any atom is -0.396 e. The van der Waals surface area contributed by atoms with Gasteiger partial charge in [-0.15, -0.1) is 0 Å². The Balaban J connectivity index is 1.61. The van der Waals surface area contributed by atoms with E-state index in [1.165, 1.54) is 5.56 Å². The average molecular weight is 260 g/mol. The van der Waals surface area contributed by atoms with Crippen LogP contribution in [0.2, 0.25) is 0 Å². The summed E-state index contributed by atoms with van der Waals surface area (Å²) in [5, 5.41) is 15.7. The first-order valence-corrected chi connectivity index (χ1v) is 7.03. The van der Waals surface area contributed by atoms with E-state index in [4.69, 9.17) is 0 Å². The van der Waals surface area contributed by atoms with Crippen molar-refractivity contribution < 1.29 is 9.90 Å². The molecule has 4 heteroatoms. The molecule has 1 amide bonds. The minimum atomic E-state index is -0.169. The molecule has 1 aromatic rings. The highest BCUT2D eigenvalue weighted by molar-refractivity contribution is 5.87. The van der Waals surface area contributed by atoms with Gasteiger partial charge in [0.15, 0.2) is 0 Å². The van der Waals surface area contributed by atoms with Crippen LogP contribution in [0.3, 0.4) is 0 Å². The van der Waals surface area contributed by atoms with Crippen molar-refractivity contribution in [2.75, 3.05) is 11.9 Å². The standard InChI is InChI=1S/C15H20N2O2/c18-9-11-5-3-7-13(11)17-15(19)14-8-10-4-1-2-6-12(10)16-14/h1-2,4,6,11,13-14,16,18H,3,5,7-9H2,(H,17,19)/t11?,13?,14-/m0/s1. The van der Waals surface area contributed by atoms with Gasteiger partial charge in [-0.25, -0.2) is 0 Å². The smallest absolute Gasteiger partial charge is 0.243 e. The quantitative estimate of drug-likeness (QED) is 0.767. The van der Waals surface area contributed by atoms with Gasteiger partial charge in [0, 0.05) is 30.7 Å². The molecule has 0 radical (unpaired) electrons. The monoisotopic (exact) mass is 260 g/mol. The molecule has 1 aliphatic carbocycles. The second-order valence-electron chi connectivity index (χ2n) is 5.55. The second kappa shape index (κ2) is 5.21. The third-order valence-corrected chi connectivity index (χ3v) is 4.31. The molecule has 0 aromatic heterocycles. The van der Waals surface area contributed by atoms with Gasteiger partial charge in [-0.05, 0) is 24.5 Å². The Kier molecular flexibility index (Phi) is 3.42. The van der Waals surface area contributed by atoms with Gasteiger partial charge in [-0.1, -0.05) is 24.6 Å². The van der Waals surface area contributed by atoms with Crippen LogP contribution in [-0.4, -0.2) is 29.7 Å². The zero-order valence-electron chi connectivity index (χ0n) is 10.9. The summed E-state index contributed by atoms with van der Waals surface area (Å²) in [5.41, 5.74) is 2.26. The fraction of sp³-hybridized carbons (Fsp3) is 0.533. The fourth-order valence-corrected chi connectivity index (χ4v) is 3.18. The number of hydrogen-bond donors (Lipinski definition) is 3. The number of anilines is 1. The van der Waals surface area contributed by atoms with E-state index in [1.54, 1.807) is 0 Å². The van der Waals surface area contributed by atoms with E-state index >= 15 is 0 Å². The van der Waals surface area contributed by atoms with Gasteiger partial charge in [0.25, 0.3) is 0 Å². The SMILES string of the molecule is O=C(NC1CCCC1CO)[C@@H]1Cc2ccccc2N1. The number of aliphatic hydroxyl groups is 1. The summed E-state index contributed by atoms with van der Waals surface area (Å²) in [7, 11) is 0. The van der Waals surface area contributed by atoms with Crippen LogP contribution in [0.5, 0.6) is 0 Å². The predicted molar refractivity (Wildman–Crippen MR) is 73.9 cm³/mol. The van der Waals surface area contributed by atoms with Gasteiger partial charge < -0.3 is 15.7 Å². The molecule has 3 rings (SSSR count). The summed E-state index contributed by atoms with van der Waals surface area (Å²) in [5.74, 6) is 0.286. The Morgan fingerprint density at radius 3 is 3.00 bits per heavy atom. The van der Waals surface area contributed by atoms with E-state index in [-0.39, 0.29) is 30.5 Å². The van der Waals surface area contributed by atoms with E-state index in [9.17, 15) is 9.90 Å². The van der Waals surface area contributed by atoms with Crippen LogP contribution in [0.1, 0.15) is 24.8 Å². The van der Waals surface area contributed by atoms with Crippen LogP contribution in [0.4, 0.5) is 5.69 Å². The van der Waals surface area contributed by atoms with Crippen molar-refractivity contribution in [2.24, 2.45) is 5.92 Å². The van der Waals surface area contributed by atoms with Crippen LogP contribution in [-0.2, 0) is 11.2 Å². The molecular formula is C15H20N2O2. The van der Waals surface area contributed by atoms with Crippen molar-refractivity contribution in [1.82, 2.24) is 5.32 Å². The summed E-state index contributed by atoms with van der Waals surface area (Å²) in [6, 6.07) is 8.02. The third kappa shape index (κ3) is 2.45. The number of hydrogen-bond acceptors (Lipinski definition) is 3. The number of nitrogens with one attached hydrogen (secondary N) is 2. The van der Waals surface area contributed by atoms with Crippen LogP contribution >= 0.6 is 0 Å². The summed E-state index contributed by atoms with van der Waals surface area (Å²) in [6.45, 7) is 0.170. The maximum Gasteiger partial charge on any atom is 0.243 e. The number of amides is 1. The lowest BCUT2D eigenvalue weighted by atomic mass is 10.0. The number of aliphatic hydroxyl groups excluding tert-OH is 1. The summed E-state index contributed by atoms with van der Waals surface area (Å²) >= 11 is 0. The molecule has 3 N–H and O–H groups in total. The molecule has 102 valence electrons. The van der Waals surface area contributed by atoms with Crippen LogP contribution in [0.15, 0.2) is 24.3 Å². The molecule has 4 nitrogen and oxygen atoms in total. The van der Waals surface area contributed by atoms with E-state index in [2.05, 4.69) is 16.7 Å². The molecule has 1 saturated carbocycles. The molecular weight excluding hydrogens is 240 g/mol. The highest BCUT2D eigenvalue weighted by Crippen LogP contribution is 2.27. The van der Waals surface area contributed by atoms with Gasteiger partial charge in [0.1, 0.15) is 6.04 Å². The lowest BCUT2D eigenvalue weighted by molar-refractivity contribution is -0.122. The zero-order chi connectivity index (χ0) is 13.2. The Morgan fingerprint density at radius 2 is 2.21 bits per heavy atom. The molecule has 0 spiro atoms. The van der Waals surface area contributed by atoms with Gasteiger partial charge >= 0.3 is 0 Å². The lowest BCUT2D eigenvalue weighted by Gasteiger charge is -2.21. The Hall–Kier alpha value is -1.55. The average Bonchev–Trinajstić information content (AvgIpc) is 3.03. The van der Waals surface area contributed by atoms with E-state index in [1.807, 2.05) is 18.2 Å². The van der Waals surface area contributed by atoms with E-state index in [0.717, 1.165) is 31.4 Å². The van der Waals surface area contributed by atoms with Crippen molar-refractivity contribution in [3.63, 3.8) is 0 Å². The van der Waals surface area contributed by atoms with Gasteiger partial charge in [0.05, 0.1) is 0 Å². The Bertz CT molecular complexity index is 450. The maximum absolute atomic E-state index is 12.3. The first-order valence-electron chi connectivity index (χ1n) is 7.03. The van der Waals surface area contributed by atoms with Crippen molar-refractivity contribution >= 4 is 11.6 Å². The Morgan fingerprint density at radius 1 is 1.37 bits per heavy atom. The van der Waals surface area contributed by atoms with Crippen LogP contribution in [0.25, 0.3) is 0 Å².